The maximum absolute atomic E-state index is 12.8. The maximum Gasteiger partial charge on any atom is 0.303 e. The second kappa shape index (κ2) is 22.5. The van der Waals surface area contributed by atoms with Crippen LogP contribution in [0.2, 0.25) is 0 Å². The lowest BCUT2D eigenvalue weighted by molar-refractivity contribution is -0.368. The fraction of sp³-hybridized carbons (Fsp3) is 0.413. The number of aliphatic hydroxyl groups is 1. The molecule has 0 amide bonds. The number of aliphatic hydroxyl groups excluding tert-OH is 1. The van der Waals surface area contributed by atoms with Crippen molar-refractivity contribution >= 4 is 17.9 Å². The number of esters is 3. The fourth-order valence-electron chi connectivity index (χ4n) is 7.04. The summed E-state index contributed by atoms with van der Waals surface area (Å²) in [7, 11) is 0. The van der Waals surface area contributed by atoms with Crippen LogP contribution in [-0.2, 0) is 88.2 Å². The fourth-order valence-corrected chi connectivity index (χ4v) is 7.04. The van der Waals surface area contributed by atoms with E-state index in [4.69, 9.17) is 47.4 Å². The molecule has 10 atom stereocenters. The van der Waals surface area contributed by atoms with E-state index in [1.807, 2.05) is 121 Å². The van der Waals surface area contributed by atoms with Gasteiger partial charge in [-0.3, -0.25) is 14.4 Å². The zero-order valence-electron chi connectivity index (χ0n) is 33.8. The van der Waals surface area contributed by atoms with Crippen LogP contribution in [0.15, 0.2) is 121 Å². The minimum absolute atomic E-state index is 0.00807. The zero-order valence-corrected chi connectivity index (χ0v) is 33.8. The Morgan fingerprint density at radius 2 is 0.917 bits per heavy atom. The van der Waals surface area contributed by atoms with Gasteiger partial charge in [0.1, 0.15) is 43.2 Å². The van der Waals surface area contributed by atoms with Crippen molar-refractivity contribution in [3.63, 3.8) is 0 Å². The van der Waals surface area contributed by atoms with Gasteiger partial charge in [-0.05, 0) is 22.3 Å². The Balaban J connectivity index is 1.39. The van der Waals surface area contributed by atoms with Crippen molar-refractivity contribution in [1.29, 1.82) is 0 Å². The Hall–Kier alpha value is -5.03. The Morgan fingerprint density at radius 1 is 0.483 bits per heavy atom. The van der Waals surface area contributed by atoms with Gasteiger partial charge in [0.05, 0.1) is 33.0 Å². The van der Waals surface area contributed by atoms with E-state index >= 15 is 0 Å². The van der Waals surface area contributed by atoms with Gasteiger partial charge in [-0.15, -0.1) is 0 Å². The van der Waals surface area contributed by atoms with Crippen molar-refractivity contribution < 1.29 is 66.9 Å². The molecule has 14 heteroatoms. The molecule has 0 spiro atoms. The van der Waals surface area contributed by atoms with Gasteiger partial charge in [0, 0.05) is 20.8 Å². The third kappa shape index (κ3) is 13.0. The Morgan fingerprint density at radius 3 is 1.40 bits per heavy atom. The number of hydrogen-bond acceptors (Lipinski definition) is 14. The lowest BCUT2D eigenvalue weighted by atomic mass is 9.96. The van der Waals surface area contributed by atoms with Crippen LogP contribution in [0.1, 0.15) is 43.0 Å². The second-order valence-electron chi connectivity index (χ2n) is 14.4. The molecule has 2 fully saturated rings. The van der Waals surface area contributed by atoms with Gasteiger partial charge >= 0.3 is 17.9 Å². The molecule has 0 aliphatic carbocycles. The number of carbonyl (C=O) groups excluding carboxylic acids is 3. The van der Waals surface area contributed by atoms with Gasteiger partial charge in [-0.1, -0.05) is 121 Å². The van der Waals surface area contributed by atoms with Crippen molar-refractivity contribution in [2.24, 2.45) is 0 Å². The highest BCUT2D eigenvalue weighted by atomic mass is 16.8. The summed E-state index contributed by atoms with van der Waals surface area (Å²) in [5.41, 5.74) is 3.37. The van der Waals surface area contributed by atoms with Crippen LogP contribution >= 0.6 is 0 Å². The van der Waals surface area contributed by atoms with E-state index in [0.29, 0.717) is 0 Å². The molecule has 0 unspecified atom stereocenters. The van der Waals surface area contributed by atoms with Gasteiger partial charge in [0.2, 0.25) is 0 Å². The van der Waals surface area contributed by atoms with E-state index in [1.54, 1.807) is 0 Å². The quantitative estimate of drug-likeness (QED) is 0.0968. The second-order valence-corrected chi connectivity index (χ2v) is 14.4. The first-order valence-corrected chi connectivity index (χ1v) is 19.8. The molecule has 2 heterocycles. The maximum atomic E-state index is 12.8. The summed E-state index contributed by atoms with van der Waals surface area (Å²) in [6.07, 6.45) is -12.2. The van der Waals surface area contributed by atoms with Crippen LogP contribution < -0.4 is 0 Å². The molecular weight excluding hydrogens is 776 g/mol. The van der Waals surface area contributed by atoms with Gasteiger partial charge in [0.15, 0.2) is 24.8 Å². The van der Waals surface area contributed by atoms with Gasteiger partial charge in [0.25, 0.3) is 0 Å². The minimum Gasteiger partial charge on any atom is -0.463 e. The van der Waals surface area contributed by atoms with Crippen molar-refractivity contribution in [3.8, 4) is 0 Å². The third-order valence-corrected chi connectivity index (χ3v) is 9.80. The number of benzene rings is 4. The summed E-state index contributed by atoms with van der Waals surface area (Å²) in [5.74, 6) is -2.03. The Kier molecular flexibility index (Phi) is 16.7. The van der Waals surface area contributed by atoms with Crippen molar-refractivity contribution in [1.82, 2.24) is 0 Å². The first kappa shape index (κ1) is 44.5. The topological polar surface area (TPSA) is 164 Å². The van der Waals surface area contributed by atoms with Crippen LogP contribution in [0.4, 0.5) is 0 Å². The minimum atomic E-state index is -1.49. The summed E-state index contributed by atoms with van der Waals surface area (Å²) in [6, 6.07) is 37.7. The lowest BCUT2D eigenvalue weighted by Crippen LogP contribution is -2.66. The monoisotopic (exact) mass is 828 g/mol. The summed E-state index contributed by atoms with van der Waals surface area (Å²) >= 11 is 0. The highest BCUT2D eigenvalue weighted by molar-refractivity contribution is 5.68. The molecule has 60 heavy (non-hydrogen) atoms. The average Bonchev–Trinajstić information content (AvgIpc) is 3.24. The van der Waals surface area contributed by atoms with Gasteiger partial charge < -0.3 is 52.5 Å². The van der Waals surface area contributed by atoms with E-state index in [0.717, 1.165) is 22.3 Å². The molecule has 0 saturated carbocycles. The molecule has 0 aromatic heterocycles. The summed E-state index contributed by atoms with van der Waals surface area (Å²) in [4.78, 5) is 37.4. The first-order chi connectivity index (χ1) is 29.1. The first-order valence-electron chi connectivity index (χ1n) is 19.8. The average molecular weight is 829 g/mol. The number of rotatable bonds is 19. The molecule has 14 nitrogen and oxygen atoms in total. The predicted octanol–water partition coefficient (Wildman–Crippen LogP) is 5.21. The number of hydrogen-bond donors (Lipinski definition) is 1. The molecule has 4 aromatic rings. The lowest BCUT2D eigenvalue weighted by Gasteiger charge is -2.49. The van der Waals surface area contributed by atoms with E-state index in [2.05, 4.69) is 0 Å². The van der Waals surface area contributed by atoms with Crippen LogP contribution in [0.25, 0.3) is 0 Å². The standard InChI is InChI=1S/C46H52O14/c1-30(47)52-29-38-40(56-31(2)48)42(57-32(3)49)44(55-27-36-22-14-7-15-23-36)46(59-38)60-39-37(28-51-24-33-16-8-4-9-17-33)58-45(50)43(54-26-35-20-12-6-13-21-35)41(39)53-25-34-18-10-5-11-19-34/h4-23,37-46,50H,24-29H2,1-3H3/t37-,38-,39-,40-,41+,42+,43-,44-,45+,46-/m1/s1. The predicted molar refractivity (Wildman–Crippen MR) is 213 cm³/mol. The Labute approximate surface area is 349 Å². The van der Waals surface area contributed by atoms with Gasteiger partial charge in [-0.25, -0.2) is 0 Å². The van der Waals surface area contributed by atoms with Crippen LogP contribution in [0.5, 0.6) is 0 Å². The highest BCUT2D eigenvalue weighted by Gasteiger charge is 2.55. The largest absolute Gasteiger partial charge is 0.463 e. The summed E-state index contributed by atoms with van der Waals surface area (Å²) in [5, 5.41) is 11.7. The summed E-state index contributed by atoms with van der Waals surface area (Å²) in [6.45, 7) is 3.60. The van der Waals surface area contributed by atoms with E-state index < -0.39 is 85.9 Å². The molecule has 1 N–H and O–H groups in total. The van der Waals surface area contributed by atoms with Crippen LogP contribution in [-0.4, -0.2) is 97.6 Å². The number of ether oxygens (including phenoxy) is 10. The molecule has 0 bridgehead atoms. The van der Waals surface area contributed by atoms with E-state index in [9.17, 15) is 19.5 Å². The molecule has 6 rings (SSSR count). The number of carbonyl (C=O) groups is 3. The Bertz CT molecular complexity index is 1900. The van der Waals surface area contributed by atoms with Crippen molar-refractivity contribution in [2.45, 2.75) is 109 Å². The molecular formula is C46H52O14. The molecule has 320 valence electrons. The smallest absolute Gasteiger partial charge is 0.303 e. The van der Waals surface area contributed by atoms with Crippen LogP contribution in [0.3, 0.4) is 0 Å². The zero-order chi connectivity index (χ0) is 42.3. The van der Waals surface area contributed by atoms with Crippen molar-refractivity contribution in [2.75, 3.05) is 13.2 Å². The highest BCUT2D eigenvalue weighted by Crippen LogP contribution is 2.36. The normalized spacial score (nSPS) is 26.5. The molecule has 2 aliphatic rings. The van der Waals surface area contributed by atoms with Gasteiger partial charge in [-0.2, -0.15) is 0 Å². The molecule has 2 saturated heterocycles. The molecule has 0 radical (unpaired) electrons. The van der Waals surface area contributed by atoms with E-state index in [1.165, 1.54) is 20.8 Å². The SMILES string of the molecule is CC(=O)OC[C@H]1O[C@H](O[C@H]2[C@H](OCc3ccccc3)[C@@H](OCc3ccccc3)[C@@H](O)O[C@@H]2COCc2ccccc2)[C@H](OCc2ccccc2)[C@@H](OC(C)=O)[C@@H]1OC(C)=O. The summed E-state index contributed by atoms with van der Waals surface area (Å²) < 4.78 is 62.4. The molecule has 4 aromatic carbocycles. The van der Waals surface area contributed by atoms with E-state index in [-0.39, 0.29) is 33.0 Å². The molecule has 2 aliphatic heterocycles. The van der Waals surface area contributed by atoms with Crippen LogP contribution in [0, 0.1) is 0 Å². The van der Waals surface area contributed by atoms with Crippen molar-refractivity contribution in [3.05, 3.63) is 144 Å². The third-order valence-electron chi connectivity index (χ3n) is 9.80.